The Morgan fingerprint density at radius 1 is 1.00 bits per heavy atom. The summed E-state index contributed by atoms with van der Waals surface area (Å²) in [5.41, 5.74) is 0. The molecule has 0 N–H and O–H groups in total. The van der Waals surface area contributed by atoms with Gasteiger partial charge in [0.1, 0.15) is 0 Å². The predicted octanol–water partition coefficient (Wildman–Crippen LogP) is 1.95. The maximum Gasteiger partial charge on any atom is 0.0575 e. The molecule has 64 valence electrons. The van der Waals surface area contributed by atoms with E-state index in [2.05, 4.69) is 5.06 Å². The SMILES string of the molecule is CON1C2CCCCCCC21. The van der Waals surface area contributed by atoms with Gasteiger partial charge < -0.3 is 4.84 Å². The zero-order chi connectivity index (χ0) is 7.68. The Kier molecular flexibility index (Phi) is 2.14. The Balaban J connectivity index is 1.85. The number of hydrogen-bond acceptors (Lipinski definition) is 2. The summed E-state index contributed by atoms with van der Waals surface area (Å²) in [6.07, 6.45) is 8.39. The smallest absolute Gasteiger partial charge is 0.0575 e. The molecule has 1 heterocycles. The first-order valence-corrected chi connectivity index (χ1v) is 4.76. The second-order valence-corrected chi connectivity index (χ2v) is 3.67. The first-order chi connectivity index (χ1) is 5.43. The average Bonchev–Trinajstić information content (AvgIpc) is 2.60. The summed E-state index contributed by atoms with van der Waals surface area (Å²) < 4.78 is 0. The van der Waals surface area contributed by atoms with Gasteiger partial charge in [0.25, 0.3) is 0 Å². The monoisotopic (exact) mass is 155 g/mol. The molecule has 1 aliphatic heterocycles. The van der Waals surface area contributed by atoms with Crippen LogP contribution in [0.2, 0.25) is 0 Å². The molecule has 2 nitrogen and oxygen atoms in total. The van der Waals surface area contributed by atoms with E-state index >= 15 is 0 Å². The van der Waals surface area contributed by atoms with Crippen molar-refractivity contribution >= 4 is 0 Å². The molecule has 2 fully saturated rings. The lowest BCUT2D eigenvalue weighted by Gasteiger charge is -2.02. The fraction of sp³-hybridized carbons (Fsp3) is 1.00. The summed E-state index contributed by atoms with van der Waals surface area (Å²) in [7, 11) is 1.80. The minimum Gasteiger partial charge on any atom is -0.302 e. The van der Waals surface area contributed by atoms with Crippen molar-refractivity contribution in [1.29, 1.82) is 0 Å². The number of fused-ring (bicyclic) bond motifs is 1. The van der Waals surface area contributed by atoms with Crippen LogP contribution in [0.5, 0.6) is 0 Å². The summed E-state index contributed by atoms with van der Waals surface area (Å²) in [5, 5.41) is 2.17. The van der Waals surface area contributed by atoms with Gasteiger partial charge in [-0.05, 0) is 12.8 Å². The first kappa shape index (κ1) is 7.56. The largest absolute Gasteiger partial charge is 0.302 e. The van der Waals surface area contributed by atoms with Gasteiger partial charge in [-0.3, -0.25) is 0 Å². The second kappa shape index (κ2) is 3.11. The van der Waals surface area contributed by atoms with E-state index in [-0.39, 0.29) is 0 Å². The molecular weight excluding hydrogens is 138 g/mol. The number of hydroxylamine groups is 2. The topological polar surface area (TPSA) is 12.2 Å². The van der Waals surface area contributed by atoms with Crippen LogP contribution in [-0.2, 0) is 4.84 Å². The van der Waals surface area contributed by atoms with Crippen molar-refractivity contribution in [3.05, 3.63) is 0 Å². The lowest BCUT2D eigenvalue weighted by molar-refractivity contribution is -0.0496. The summed E-state index contributed by atoms with van der Waals surface area (Å²) in [6, 6.07) is 1.56. The van der Waals surface area contributed by atoms with E-state index in [9.17, 15) is 0 Å². The highest BCUT2D eigenvalue weighted by Gasteiger charge is 2.47. The van der Waals surface area contributed by atoms with Crippen LogP contribution in [-0.4, -0.2) is 24.3 Å². The Morgan fingerprint density at radius 2 is 1.55 bits per heavy atom. The molecule has 2 aliphatic rings. The zero-order valence-corrected chi connectivity index (χ0v) is 7.25. The third-order valence-corrected chi connectivity index (χ3v) is 2.97. The molecule has 11 heavy (non-hydrogen) atoms. The maximum atomic E-state index is 5.25. The molecule has 2 rings (SSSR count). The van der Waals surface area contributed by atoms with Crippen LogP contribution in [0.4, 0.5) is 0 Å². The van der Waals surface area contributed by atoms with Crippen molar-refractivity contribution in [1.82, 2.24) is 5.06 Å². The third kappa shape index (κ3) is 1.42. The van der Waals surface area contributed by atoms with Crippen molar-refractivity contribution in [3.63, 3.8) is 0 Å². The van der Waals surface area contributed by atoms with E-state index in [0.717, 1.165) is 12.1 Å². The van der Waals surface area contributed by atoms with E-state index in [1.54, 1.807) is 7.11 Å². The maximum absolute atomic E-state index is 5.25. The minimum atomic E-state index is 0.778. The lowest BCUT2D eigenvalue weighted by atomic mass is 10.0. The first-order valence-electron chi connectivity index (χ1n) is 4.76. The van der Waals surface area contributed by atoms with Crippen molar-refractivity contribution < 1.29 is 4.84 Å². The Hall–Kier alpha value is -0.0800. The molecule has 0 aromatic carbocycles. The van der Waals surface area contributed by atoms with E-state index in [1.165, 1.54) is 38.5 Å². The van der Waals surface area contributed by atoms with Crippen LogP contribution < -0.4 is 0 Å². The van der Waals surface area contributed by atoms with Gasteiger partial charge in [0.05, 0.1) is 19.2 Å². The van der Waals surface area contributed by atoms with E-state index in [4.69, 9.17) is 4.84 Å². The summed E-state index contributed by atoms with van der Waals surface area (Å²) in [4.78, 5) is 5.25. The molecule has 0 spiro atoms. The van der Waals surface area contributed by atoms with Crippen molar-refractivity contribution in [2.45, 2.75) is 50.6 Å². The Bertz CT molecular complexity index is 124. The quantitative estimate of drug-likeness (QED) is 0.536. The van der Waals surface area contributed by atoms with Gasteiger partial charge in [0.15, 0.2) is 0 Å². The van der Waals surface area contributed by atoms with Crippen molar-refractivity contribution in [3.8, 4) is 0 Å². The van der Waals surface area contributed by atoms with E-state index in [1.807, 2.05) is 0 Å². The lowest BCUT2D eigenvalue weighted by Crippen LogP contribution is -1.99. The highest BCUT2D eigenvalue weighted by atomic mass is 16.7. The molecule has 1 aliphatic carbocycles. The molecule has 0 aromatic heterocycles. The fourth-order valence-electron chi connectivity index (χ4n) is 2.28. The standard InChI is InChI=1S/C9H17NO/c1-11-10-8-6-4-2-3-5-7-9(8)10/h8-9H,2-7H2,1H3. The van der Waals surface area contributed by atoms with Gasteiger partial charge in [-0.15, -0.1) is 0 Å². The molecule has 1 saturated carbocycles. The van der Waals surface area contributed by atoms with Crippen LogP contribution in [0.25, 0.3) is 0 Å². The van der Waals surface area contributed by atoms with Gasteiger partial charge in [-0.25, -0.2) is 0 Å². The fourth-order valence-corrected chi connectivity index (χ4v) is 2.28. The molecule has 1 saturated heterocycles. The summed E-state index contributed by atoms with van der Waals surface area (Å²) in [5.74, 6) is 0. The molecule has 0 radical (unpaired) electrons. The summed E-state index contributed by atoms with van der Waals surface area (Å²) >= 11 is 0. The van der Waals surface area contributed by atoms with E-state index in [0.29, 0.717) is 0 Å². The van der Waals surface area contributed by atoms with Crippen molar-refractivity contribution in [2.75, 3.05) is 7.11 Å². The van der Waals surface area contributed by atoms with Gasteiger partial charge in [-0.2, -0.15) is 5.06 Å². The number of rotatable bonds is 1. The highest BCUT2D eigenvalue weighted by molar-refractivity contribution is 4.97. The van der Waals surface area contributed by atoms with Crippen LogP contribution >= 0.6 is 0 Å². The molecule has 0 amide bonds. The molecule has 2 heteroatoms. The Morgan fingerprint density at radius 3 is 2.00 bits per heavy atom. The highest BCUT2D eigenvalue weighted by Crippen LogP contribution is 2.37. The van der Waals surface area contributed by atoms with E-state index < -0.39 is 0 Å². The van der Waals surface area contributed by atoms with Gasteiger partial charge in [0.2, 0.25) is 0 Å². The minimum absolute atomic E-state index is 0.778. The van der Waals surface area contributed by atoms with Crippen LogP contribution in [0.15, 0.2) is 0 Å². The molecule has 0 bridgehead atoms. The van der Waals surface area contributed by atoms with Crippen LogP contribution in [0, 0.1) is 0 Å². The number of hydrogen-bond donors (Lipinski definition) is 0. The zero-order valence-electron chi connectivity index (χ0n) is 7.25. The molecule has 2 atom stereocenters. The average molecular weight is 155 g/mol. The van der Waals surface area contributed by atoms with Gasteiger partial charge in [0, 0.05) is 0 Å². The summed E-state index contributed by atoms with van der Waals surface area (Å²) in [6.45, 7) is 0. The van der Waals surface area contributed by atoms with Gasteiger partial charge >= 0.3 is 0 Å². The second-order valence-electron chi connectivity index (χ2n) is 3.67. The normalized spacial score (nSPS) is 43.9. The van der Waals surface area contributed by atoms with Gasteiger partial charge in [-0.1, -0.05) is 25.7 Å². The predicted molar refractivity (Wildman–Crippen MR) is 44.1 cm³/mol. The molecule has 0 aromatic rings. The molecular formula is C9H17NO. The number of nitrogens with zero attached hydrogens (tertiary/aromatic N) is 1. The Labute approximate surface area is 68.5 Å². The van der Waals surface area contributed by atoms with Crippen LogP contribution in [0.3, 0.4) is 0 Å². The molecule has 2 unspecified atom stereocenters. The van der Waals surface area contributed by atoms with Crippen LogP contribution in [0.1, 0.15) is 38.5 Å². The third-order valence-electron chi connectivity index (χ3n) is 2.97. The van der Waals surface area contributed by atoms with Crippen molar-refractivity contribution in [2.24, 2.45) is 0 Å².